The molecule has 34 heavy (non-hydrogen) atoms. The number of fused-ring (bicyclic) bond motifs is 1. The number of aromatic nitrogens is 3. The van der Waals surface area contributed by atoms with E-state index in [1.165, 1.54) is 12.8 Å². The van der Waals surface area contributed by atoms with Crippen LogP contribution >= 0.6 is 0 Å². The van der Waals surface area contributed by atoms with Gasteiger partial charge in [-0.3, -0.25) is 4.79 Å². The second-order valence-electron chi connectivity index (χ2n) is 9.28. The quantitative estimate of drug-likeness (QED) is 0.608. The van der Waals surface area contributed by atoms with Crippen molar-refractivity contribution in [2.24, 2.45) is 5.10 Å². The molecule has 9 heteroatoms. The van der Waals surface area contributed by atoms with E-state index < -0.39 is 0 Å². The van der Waals surface area contributed by atoms with Crippen molar-refractivity contribution in [2.75, 3.05) is 59.5 Å². The Kier molecular flexibility index (Phi) is 6.60. The number of hydrogen-bond acceptors (Lipinski definition) is 8. The lowest BCUT2D eigenvalue weighted by atomic mass is 10.1. The first-order valence-electron chi connectivity index (χ1n) is 12.7. The number of anilines is 4. The van der Waals surface area contributed by atoms with E-state index in [-0.39, 0.29) is 5.91 Å². The van der Waals surface area contributed by atoms with E-state index in [2.05, 4.69) is 16.7 Å². The number of benzene rings is 1. The topological polar surface area (TPSA) is 81.1 Å². The highest BCUT2D eigenvalue weighted by Crippen LogP contribution is 2.30. The molecule has 0 aliphatic carbocycles. The van der Waals surface area contributed by atoms with E-state index in [0.717, 1.165) is 69.5 Å². The first kappa shape index (κ1) is 22.6. The molecule has 2 aromatic rings. The van der Waals surface area contributed by atoms with E-state index >= 15 is 0 Å². The Hall–Kier alpha value is -3.23. The van der Waals surface area contributed by atoms with Crippen molar-refractivity contribution in [3.63, 3.8) is 0 Å². The van der Waals surface area contributed by atoms with Gasteiger partial charge in [0.05, 0.1) is 5.69 Å². The molecule has 3 aliphatic heterocycles. The molecule has 0 bridgehead atoms. The number of carbonyl (C=O) groups excluding carboxylic acids is 1. The Balaban J connectivity index is 1.51. The molecule has 0 spiro atoms. The second kappa shape index (κ2) is 9.95. The van der Waals surface area contributed by atoms with Gasteiger partial charge in [0.25, 0.3) is 11.9 Å². The maximum atomic E-state index is 13.2. The Bertz CT molecular complexity index is 1020. The van der Waals surface area contributed by atoms with Crippen LogP contribution in [0.5, 0.6) is 0 Å². The molecule has 4 heterocycles. The van der Waals surface area contributed by atoms with Crippen molar-refractivity contribution in [3.05, 3.63) is 29.8 Å². The largest absolute Gasteiger partial charge is 0.341 e. The predicted molar refractivity (Wildman–Crippen MR) is 136 cm³/mol. The maximum absolute atomic E-state index is 13.2. The van der Waals surface area contributed by atoms with Gasteiger partial charge in [0.2, 0.25) is 11.9 Å². The zero-order valence-electron chi connectivity index (χ0n) is 20.3. The monoisotopic (exact) mass is 462 g/mol. The predicted octanol–water partition coefficient (Wildman–Crippen LogP) is 3.45. The highest BCUT2D eigenvalue weighted by Gasteiger charge is 2.34. The lowest BCUT2D eigenvalue weighted by Gasteiger charge is -2.30. The summed E-state index contributed by atoms with van der Waals surface area (Å²) >= 11 is 0. The Morgan fingerprint density at radius 1 is 0.882 bits per heavy atom. The molecule has 3 aliphatic rings. The Labute approximate surface area is 201 Å². The molecule has 9 nitrogen and oxygen atoms in total. The molecule has 0 radical (unpaired) electrons. The summed E-state index contributed by atoms with van der Waals surface area (Å²) < 4.78 is 0. The first-order chi connectivity index (χ1) is 16.7. The van der Waals surface area contributed by atoms with E-state index in [1.54, 1.807) is 5.01 Å². The zero-order chi connectivity index (χ0) is 23.5. The highest BCUT2D eigenvalue weighted by molar-refractivity contribution is 6.54. The summed E-state index contributed by atoms with van der Waals surface area (Å²) in [6.45, 7) is 6.57. The van der Waals surface area contributed by atoms with Crippen LogP contribution in [0.3, 0.4) is 0 Å². The van der Waals surface area contributed by atoms with Crippen molar-refractivity contribution >= 4 is 35.2 Å². The SMILES string of the molecule is CCCN1C(=O)/C(=N\N(C)c2nc(N3CCCCC3)nc(N3CCCCC3)n2)c2ccccc21. The third-order valence-electron chi connectivity index (χ3n) is 6.76. The normalized spacial score (nSPS) is 19.6. The average molecular weight is 463 g/mol. The lowest BCUT2D eigenvalue weighted by molar-refractivity contribution is -0.112. The molecule has 1 aromatic carbocycles. The number of para-hydroxylation sites is 1. The van der Waals surface area contributed by atoms with Gasteiger partial charge < -0.3 is 14.7 Å². The number of carbonyl (C=O) groups is 1. The molecule has 2 saturated heterocycles. The summed E-state index contributed by atoms with van der Waals surface area (Å²) in [6.07, 6.45) is 7.98. The molecule has 0 unspecified atom stereocenters. The third kappa shape index (κ3) is 4.43. The smallest absolute Gasteiger partial charge is 0.279 e. The Morgan fingerprint density at radius 3 is 2.06 bits per heavy atom. The molecule has 5 rings (SSSR count). The maximum Gasteiger partial charge on any atom is 0.279 e. The number of amides is 1. The number of piperidine rings is 2. The number of hydrazone groups is 1. The summed E-state index contributed by atoms with van der Waals surface area (Å²) in [5.41, 5.74) is 2.21. The van der Waals surface area contributed by atoms with Crippen LogP contribution in [-0.2, 0) is 4.79 Å². The van der Waals surface area contributed by atoms with Gasteiger partial charge in [-0.05, 0) is 51.0 Å². The summed E-state index contributed by atoms with van der Waals surface area (Å²) in [7, 11) is 1.82. The lowest BCUT2D eigenvalue weighted by Crippen LogP contribution is -2.35. The summed E-state index contributed by atoms with van der Waals surface area (Å²) in [4.78, 5) is 34.0. The van der Waals surface area contributed by atoms with Crippen molar-refractivity contribution < 1.29 is 4.79 Å². The van der Waals surface area contributed by atoms with Crippen LogP contribution in [0.4, 0.5) is 23.5 Å². The highest BCUT2D eigenvalue weighted by atomic mass is 16.2. The molecule has 1 aromatic heterocycles. The van der Waals surface area contributed by atoms with Gasteiger partial charge in [-0.2, -0.15) is 20.1 Å². The minimum Gasteiger partial charge on any atom is -0.341 e. The van der Waals surface area contributed by atoms with Crippen molar-refractivity contribution in [1.29, 1.82) is 0 Å². The average Bonchev–Trinajstić information content (AvgIpc) is 3.15. The van der Waals surface area contributed by atoms with Crippen LogP contribution in [0, 0.1) is 0 Å². The van der Waals surface area contributed by atoms with E-state index in [9.17, 15) is 4.79 Å². The molecule has 0 atom stereocenters. The van der Waals surface area contributed by atoms with Crippen molar-refractivity contribution in [1.82, 2.24) is 15.0 Å². The van der Waals surface area contributed by atoms with Gasteiger partial charge in [0.1, 0.15) is 0 Å². The van der Waals surface area contributed by atoms with Gasteiger partial charge in [0, 0.05) is 45.3 Å². The number of hydrogen-bond donors (Lipinski definition) is 0. The van der Waals surface area contributed by atoms with Crippen LogP contribution < -0.4 is 19.7 Å². The summed E-state index contributed by atoms with van der Waals surface area (Å²) in [5.74, 6) is 1.82. The molecular weight excluding hydrogens is 428 g/mol. The molecule has 0 N–H and O–H groups in total. The fourth-order valence-electron chi connectivity index (χ4n) is 4.96. The van der Waals surface area contributed by atoms with Crippen molar-refractivity contribution in [3.8, 4) is 0 Å². The van der Waals surface area contributed by atoms with Crippen LogP contribution in [0.15, 0.2) is 29.4 Å². The van der Waals surface area contributed by atoms with Crippen molar-refractivity contribution in [2.45, 2.75) is 51.9 Å². The second-order valence-corrected chi connectivity index (χ2v) is 9.28. The fraction of sp³-hybridized carbons (Fsp3) is 0.560. The Morgan fingerprint density at radius 2 is 1.47 bits per heavy atom. The molecule has 1 amide bonds. The molecular formula is C25H34N8O. The van der Waals surface area contributed by atoms with E-state index in [0.29, 0.717) is 30.1 Å². The van der Waals surface area contributed by atoms with Crippen LogP contribution in [0.1, 0.15) is 57.4 Å². The molecule has 180 valence electrons. The van der Waals surface area contributed by atoms with Gasteiger partial charge in [-0.15, -0.1) is 0 Å². The number of rotatable bonds is 6. The fourth-order valence-corrected chi connectivity index (χ4v) is 4.96. The van der Waals surface area contributed by atoms with Gasteiger partial charge in [-0.1, -0.05) is 25.1 Å². The van der Waals surface area contributed by atoms with Crippen LogP contribution in [0.2, 0.25) is 0 Å². The standard InChI is InChI=1S/C25H34N8O/c1-3-14-33-20-13-7-6-12-19(20)21(22(33)34)29-30(2)23-26-24(31-15-8-4-9-16-31)28-25(27-23)32-17-10-5-11-18-32/h6-7,12-13H,3-5,8-11,14-18H2,1-2H3/b29-21-. The summed E-state index contributed by atoms with van der Waals surface area (Å²) in [5, 5.41) is 6.38. The van der Waals surface area contributed by atoms with E-state index in [1.807, 2.05) is 36.2 Å². The number of nitrogens with zero attached hydrogens (tertiary/aromatic N) is 8. The summed E-state index contributed by atoms with van der Waals surface area (Å²) in [6, 6.07) is 7.85. The van der Waals surface area contributed by atoms with Crippen LogP contribution in [0.25, 0.3) is 0 Å². The zero-order valence-corrected chi connectivity index (χ0v) is 20.3. The first-order valence-corrected chi connectivity index (χ1v) is 12.7. The molecule has 0 saturated carbocycles. The van der Waals surface area contributed by atoms with Gasteiger partial charge in [0.15, 0.2) is 5.71 Å². The minimum absolute atomic E-state index is 0.0727. The van der Waals surface area contributed by atoms with Crippen LogP contribution in [-0.4, -0.2) is 66.3 Å². The van der Waals surface area contributed by atoms with E-state index in [4.69, 9.17) is 20.1 Å². The van der Waals surface area contributed by atoms with Gasteiger partial charge in [-0.25, -0.2) is 5.01 Å². The van der Waals surface area contributed by atoms with Gasteiger partial charge >= 0.3 is 0 Å². The minimum atomic E-state index is -0.0727. The third-order valence-corrected chi connectivity index (χ3v) is 6.76. The molecule has 2 fully saturated rings.